The summed E-state index contributed by atoms with van der Waals surface area (Å²) in [7, 11) is 1.85. The van der Waals surface area contributed by atoms with Gasteiger partial charge >= 0.3 is 0 Å². The molecule has 0 radical (unpaired) electrons. The lowest BCUT2D eigenvalue weighted by Gasteiger charge is -2.12. The second-order valence-corrected chi connectivity index (χ2v) is 6.75. The first-order valence-electron chi connectivity index (χ1n) is 6.99. The number of furan rings is 1. The molecule has 0 saturated carbocycles. The molecule has 0 spiro atoms. The predicted molar refractivity (Wildman–Crippen MR) is 89.4 cm³/mol. The van der Waals surface area contributed by atoms with E-state index in [0.717, 1.165) is 0 Å². The maximum Gasteiger partial charge on any atom is 0.239 e. The summed E-state index contributed by atoms with van der Waals surface area (Å²) in [5, 5.41) is 13.9. The third-order valence-corrected chi connectivity index (χ3v) is 5.24. The molecule has 1 amide bonds. The molecule has 3 heterocycles. The normalized spacial score (nSPS) is 12.3. The average Bonchev–Trinajstić information content (AvgIpc) is 3.27. The number of nitrogens with one attached hydrogen (secondary N) is 1. The van der Waals surface area contributed by atoms with E-state index in [0.29, 0.717) is 28.3 Å². The van der Waals surface area contributed by atoms with Gasteiger partial charge in [0.2, 0.25) is 5.91 Å². The first-order valence-corrected chi connectivity index (χ1v) is 8.75. The Morgan fingerprint density at radius 1 is 1.52 bits per heavy atom. The molecule has 0 aliphatic carbocycles. The molecule has 0 saturated heterocycles. The van der Waals surface area contributed by atoms with Crippen molar-refractivity contribution in [2.75, 3.05) is 5.32 Å². The van der Waals surface area contributed by atoms with Gasteiger partial charge in [-0.3, -0.25) is 4.79 Å². The van der Waals surface area contributed by atoms with E-state index < -0.39 is 0 Å². The summed E-state index contributed by atoms with van der Waals surface area (Å²) in [4.78, 5) is 16.4. The lowest BCUT2D eigenvalue weighted by Crippen LogP contribution is -2.24. The van der Waals surface area contributed by atoms with Gasteiger partial charge in [0.05, 0.1) is 11.5 Å². The van der Waals surface area contributed by atoms with Crippen LogP contribution in [0.15, 0.2) is 39.5 Å². The number of thiazole rings is 1. The highest BCUT2D eigenvalue weighted by Crippen LogP contribution is 2.28. The Labute approximate surface area is 141 Å². The highest BCUT2D eigenvalue weighted by molar-refractivity contribution is 8.00. The molecule has 3 aromatic rings. The smallest absolute Gasteiger partial charge is 0.239 e. The topological polar surface area (TPSA) is 85.8 Å². The molecule has 1 atom stereocenters. The Balaban J connectivity index is 1.73. The number of nitrogens with zero attached hydrogens (tertiary/aromatic N) is 4. The molecule has 3 aromatic heterocycles. The first kappa shape index (κ1) is 15.8. The number of rotatable bonds is 6. The van der Waals surface area contributed by atoms with Crippen LogP contribution in [0, 0.1) is 0 Å². The van der Waals surface area contributed by atoms with Crippen LogP contribution in [0.2, 0.25) is 0 Å². The van der Waals surface area contributed by atoms with Crippen LogP contribution in [-0.2, 0) is 11.8 Å². The van der Waals surface area contributed by atoms with E-state index >= 15 is 0 Å². The zero-order chi connectivity index (χ0) is 16.2. The Bertz CT molecular complexity index is 767. The molecule has 0 bridgehead atoms. The molecule has 7 nitrogen and oxygen atoms in total. The summed E-state index contributed by atoms with van der Waals surface area (Å²) in [6.45, 7) is 1.96. The van der Waals surface area contributed by atoms with Crippen molar-refractivity contribution >= 4 is 34.1 Å². The molecule has 0 aromatic carbocycles. The summed E-state index contributed by atoms with van der Waals surface area (Å²) in [5.41, 5.74) is 0. The highest BCUT2D eigenvalue weighted by atomic mass is 32.2. The van der Waals surface area contributed by atoms with Gasteiger partial charge in [-0.05, 0) is 18.6 Å². The van der Waals surface area contributed by atoms with Crippen LogP contribution in [0.3, 0.4) is 0 Å². The zero-order valence-electron chi connectivity index (χ0n) is 12.6. The van der Waals surface area contributed by atoms with Crippen molar-refractivity contribution in [3.63, 3.8) is 0 Å². The van der Waals surface area contributed by atoms with Crippen molar-refractivity contribution in [1.82, 2.24) is 19.7 Å². The fourth-order valence-corrected chi connectivity index (χ4v) is 3.41. The van der Waals surface area contributed by atoms with Gasteiger partial charge in [0.1, 0.15) is 0 Å². The summed E-state index contributed by atoms with van der Waals surface area (Å²) in [5.74, 6) is 1.19. The number of hydrogen-bond donors (Lipinski definition) is 1. The van der Waals surface area contributed by atoms with Gasteiger partial charge in [-0.2, -0.15) is 0 Å². The largest absolute Gasteiger partial charge is 0.461 e. The minimum absolute atomic E-state index is 0.0880. The number of carbonyl (C=O) groups is 1. The molecular formula is C14H15N5O2S2. The quantitative estimate of drug-likeness (QED) is 0.689. The van der Waals surface area contributed by atoms with Crippen LogP contribution in [0.4, 0.5) is 5.13 Å². The second-order valence-electron chi connectivity index (χ2n) is 4.68. The van der Waals surface area contributed by atoms with Crippen LogP contribution >= 0.6 is 23.1 Å². The van der Waals surface area contributed by atoms with Crippen LogP contribution in [0.1, 0.15) is 13.3 Å². The van der Waals surface area contributed by atoms with Crippen LogP contribution in [-0.4, -0.2) is 30.9 Å². The summed E-state index contributed by atoms with van der Waals surface area (Å²) in [6.07, 6.45) is 3.92. The van der Waals surface area contributed by atoms with E-state index in [1.807, 2.05) is 30.0 Å². The Hall–Kier alpha value is -2.13. The van der Waals surface area contributed by atoms with E-state index in [-0.39, 0.29) is 11.2 Å². The van der Waals surface area contributed by atoms with Gasteiger partial charge in [-0.15, -0.1) is 21.5 Å². The summed E-state index contributed by atoms with van der Waals surface area (Å²) >= 11 is 2.77. The molecule has 0 aliphatic heterocycles. The predicted octanol–water partition coefficient (Wildman–Crippen LogP) is 3.04. The van der Waals surface area contributed by atoms with Gasteiger partial charge in [0.15, 0.2) is 21.9 Å². The summed E-state index contributed by atoms with van der Waals surface area (Å²) in [6, 6.07) is 3.62. The fraction of sp³-hybridized carbons (Fsp3) is 0.286. The van der Waals surface area contributed by atoms with Gasteiger partial charge in [-0.1, -0.05) is 18.7 Å². The lowest BCUT2D eigenvalue weighted by molar-refractivity contribution is -0.115. The van der Waals surface area contributed by atoms with Crippen molar-refractivity contribution in [2.24, 2.45) is 7.05 Å². The van der Waals surface area contributed by atoms with Crippen molar-refractivity contribution in [3.8, 4) is 11.6 Å². The Morgan fingerprint density at radius 3 is 3.04 bits per heavy atom. The van der Waals surface area contributed by atoms with Crippen molar-refractivity contribution in [2.45, 2.75) is 23.8 Å². The van der Waals surface area contributed by atoms with E-state index in [4.69, 9.17) is 4.42 Å². The molecule has 3 rings (SSSR count). The van der Waals surface area contributed by atoms with Crippen LogP contribution < -0.4 is 5.32 Å². The summed E-state index contributed by atoms with van der Waals surface area (Å²) < 4.78 is 7.17. The molecule has 9 heteroatoms. The van der Waals surface area contributed by atoms with Gasteiger partial charge in [-0.25, -0.2) is 4.98 Å². The Morgan fingerprint density at radius 2 is 2.39 bits per heavy atom. The molecular weight excluding hydrogens is 334 g/mol. The third-order valence-electron chi connectivity index (χ3n) is 3.15. The van der Waals surface area contributed by atoms with Gasteiger partial charge in [0, 0.05) is 18.6 Å². The SMILES string of the molecule is CC[C@H](Sc1nnc(-c2ccco2)n1C)C(=O)Nc1nccs1. The fourth-order valence-electron chi connectivity index (χ4n) is 1.96. The number of aromatic nitrogens is 4. The first-order chi connectivity index (χ1) is 11.2. The number of hydrogen-bond acceptors (Lipinski definition) is 7. The molecule has 23 heavy (non-hydrogen) atoms. The van der Waals surface area contributed by atoms with E-state index in [1.54, 1.807) is 18.5 Å². The standard InChI is InChI=1S/C14H15N5O2S2/c1-3-10(12(20)16-13-15-6-8-22-13)23-14-18-17-11(19(14)2)9-5-4-7-21-9/h4-8,10H,3H2,1-2H3,(H,15,16,20)/t10-/m0/s1. The number of carbonyl (C=O) groups excluding carboxylic acids is 1. The Kier molecular flexibility index (Phi) is 4.77. The minimum Gasteiger partial charge on any atom is -0.461 e. The second kappa shape index (κ2) is 6.97. The number of amides is 1. The highest BCUT2D eigenvalue weighted by Gasteiger charge is 2.23. The van der Waals surface area contributed by atoms with E-state index in [9.17, 15) is 4.79 Å². The number of anilines is 1. The van der Waals surface area contributed by atoms with E-state index in [1.165, 1.54) is 23.1 Å². The van der Waals surface area contributed by atoms with Gasteiger partial charge in [0.25, 0.3) is 0 Å². The van der Waals surface area contributed by atoms with Crippen molar-refractivity contribution in [3.05, 3.63) is 30.0 Å². The molecule has 0 fully saturated rings. The van der Waals surface area contributed by atoms with Crippen molar-refractivity contribution < 1.29 is 9.21 Å². The van der Waals surface area contributed by atoms with Gasteiger partial charge < -0.3 is 14.3 Å². The molecule has 0 aliphatic rings. The molecule has 0 unspecified atom stereocenters. The average molecular weight is 349 g/mol. The monoisotopic (exact) mass is 349 g/mol. The maximum absolute atomic E-state index is 12.4. The van der Waals surface area contributed by atoms with Crippen molar-refractivity contribution in [1.29, 1.82) is 0 Å². The number of thioether (sulfide) groups is 1. The molecule has 120 valence electrons. The third kappa shape index (κ3) is 3.45. The van der Waals surface area contributed by atoms with Crippen LogP contribution in [0.25, 0.3) is 11.6 Å². The van der Waals surface area contributed by atoms with E-state index in [2.05, 4.69) is 20.5 Å². The van der Waals surface area contributed by atoms with Crippen LogP contribution in [0.5, 0.6) is 0 Å². The lowest BCUT2D eigenvalue weighted by atomic mass is 10.3. The zero-order valence-corrected chi connectivity index (χ0v) is 14.2. The minimum atomic E-state index is -0.272. The molecule has 1 N–H and O–H groups in total. The maximum atomic E-state index is 12.4.